The van der Waals surface area contributed by atoms with Crippen molar-refractivity contribution >= 4 is 57.6 Å². The van der Waals surface area contributed by atoms with E-state index in [0.29, 0.717) is 32.9 Å². The van der Waals surface area contributed by atoms with Gasteiger partial charge in [0.05, 0.1) is 21.4 Å². The Hall–Kier alpha value is -3.36. The predicted molar refractivity (Wildman–Crippen MR) is 236 cm³/mol. The fourth-order valence-corrected chi connectivity index (χ4v) is 7.52. The highest BCUT2D eigenvalue weighted by Crippen LogP contribution is 2.34. The molecule has 0 bridgehead atoms. The maximum Gasteiger partial charge on any atom is 0.253 e. The second-order valence-electron chi connectivity index (χ2n) is 12.4. The van der Waals surface area contributed by atoms with Gasteiger partial charge in [0.1, 0.15) is 12.4 Å². The third-order valence-electron chi connectivity index (χ3n) is 8.40. The second kappa shape index (κ2) is 25.7. The molecule has 1 aromatic heterocycles. The number of halogens is 3. The summed E-state index contributed by atoms with van der Waals surface area (Å²) >= 11 is 17.8. The molecule has 10 heteroatoms. The van der Waals surface area contributed by atoms with Crippen LogP contribution in [0, 0.1) is 0 Å². The minimum atomic E-state index is -1.68. The lowest BCUT2D eigenvalue weighted by atomic mass is 10.0. The number of anilines is 1. The zero-order valence-electron chi connectivity index (χ0n) is 33.4. The zero-order valence-corrected chi connectivity index (χ0v) is 36.4. The van der Waals surface area contributed by atoms with Crippen molar-refractivity contribution in [2.75, 3.05) is 10.8 Å². The third kappa shape index (κ3) is 14.4. The van der Waals surface area contributed by atoms with Crippen LogP contribution in [0.15, 0.2) is 102 Å². The predicted octanol–water partition coefficient (Wildman–Crippen LogP) is 13.7. The number of benzene rings is 2. The number of hydrogen-bond donors (Lipinski definition) is 1. The van der Waals surface area contributed by atoms with Crippen LogP contribution >= 0.6 is 34.8 Å². The van der Waals surface area contributed by atoms with Crippen LogP contribution in [-0.4, -0.2) is 26.2 Å². The lowest BCUT2D eigenvalue weighted by Gasteiger charge is -2.17. The quantitative estimate of drug-likeness (QED) is 0.109. The molecule has 54 heavy (non-hydrogen) atoms. The fourth-order valence-electron chi connectivity index (χ4n) is 5.75. The van der Waals surface area contributed by atoms with Gasteiger partial charge in [0.15, 0.2) is 0 Å². The van der Waals surface area contributed by atoms with Crippen LogP contribution in [0.25, 0.3) is 16.9 Å². The maximum atomic E-state index is 12.4. The molecule has 1 saturated heterocycles. The number of amides is 1. The normalized spacial score (nSPS) is 15.0. The number of nitrogens with zero attached hydrogens (tertiary/aromatic N) is 3. The van der Waals surface area contributed by atoms with Crippen LogP contribution in [-0.2, 0) is 22.4 Å². The average molecular weight is 814 g/mol. The Morgan fingerprint density at radius 1 is 0.889 bits per heavy atom. The van der Waals surface area contributed by atoms with E-state index < -0.39 is 11.2 Å². The highest BCUT2D eigenvalue weighted by molar-refractivity contribution is 7.85. The number of imidazole rings is 1. The second-order valence-corrected chi connectivity index (χ2v) is 14.7. The van der Waals surface area contributed by atoms with Crippen LogP contribution in [0.2, 0.25) is 15.1 Å². The molecule has 1 aliphatic heterocycles. The van der Waals surface area contributed by atoms with E-state index in [9.17, 15) is 9.00 Å². The van der Waals surface area contributed by atoms with Gasteiger partial charge in [-0.15, -0.1) is 0 Å². The van der Waals surface area contributed by atoms with E-state index in [1.165, 1.54) is 54.8 Å². The van der Waals surface area contributed by atoms with Gasteiger partial charge in [-0.2, -0.15) is 0 Å². The first kappa shape index (κ1) is 46.8. The minimum Gasteiger partial charge on any atom is -0.303 e. The summed E-state index contributed by atoms with van der Waals surface area (Å²) in [6.45, 7) is 16.4. The van der Waals surface area contributed by atoms with E-state index >= 15 is 0 Å². The summed E-state index contributed by atoms with van der Waals surface area (Å²) in [5.41, 5.74) is 6.14. The van der Waals surface area contributed by atoms with Gasteiger partial charge in [-0.1, -0.05) is 156 Å². The molecule has 3 aromatic rings. The molecule has 1 unspecified atom stereocenters. The molecule has 294 valence electrons. The summed E-state index contributed by atoms with van der Waals surface area (Å²) in [7, 11) is 0. The van der Waals surface area contributed by atoms with Crippen LogP contribution in [0.3, 0.4) is 0 Å². The molecule has 1 N–H and O–H groups in total. The topological polar surface area (TPSA) is 67.2 Å². The smallest absolute Gasteiger partial charge is 0.253 e. The molecule has 0 spiro atoms. The summed E-state index contributed by atoms with van der Waals surface area (Å²) in [6.07, 6.45) is 27.9. The van der Waals surface area contributed by atoms with E-state index in [1.807, 2.05) is 57.5 Å². The monoisotopic (exact) mass is 812 g/mol. The van der Waals surface area contributed by atoms with Crippen molar-refractivity contribution in [1.82, 2.24) is 14.3 Å². The van der Waals surface area contributed by atoms with E-state index in [0.717, 1.165) is 34.6 Å². The molecule has 2 aromatic carbocycles. The Kier molecular flexibility index (Phi) is 22.2. The largest absolute Gasteiger partial charge is 0.303 e. The Labute approximate surface area is 342 Å². The summed E-state index contributed by atoms with van der Waals surface area (Å²) in [4.78, 5) is 16.9. The molecule has 0 radical (unpaired) electrons. The fraction of sp³-hybridized carbons (Fsp3) is 0.409. The van der Waals surface area contributed by atoms with Crippen LogP contribution in [0.1, 0.15) is 113 Å². The molecule has 0 saturated carbocycles. The first-order valence-electron chi connectivity index (χ1n) is 19.3. The molecule has 1 atom stereocenters. The number of rotatable bonds is 17. The van der Waals surface area contributed by atoms with Gasteiger partial charge < -0.3 is 4.57 Å². The molecule has 1 amide bonds. The van der Waals surface area contributed by atoms with E-state index in [4.69, 9.17) is 39.8 Å². The van der Waals surface area contributed by atoms with Crippen molar-refractivity contribution in [1.29, 1.82) is 0 Å². The first-order valence-corrected chi connectivity index (χ1v) is 21.5. The lowest BCUT2D eigenvalue weighted by Crippen LogP contribution is -2.22. The molecule has 6 nitrogen and oxygen atoms in total. The lowest BCUT2D eigenvalue weighted by molar-refractivity contribution is -0.117. The van der Waals surface area contributed by atoms with Crippen molar-refractivity contribution in [2.24, 2.45) is 0 Å². The molecule has 1 aliphatic rings. The minimum absolute atomic E-state index is 0.0299. The van der Waals surface area contributed by atoms with E-state index in [1.54, 1.807) is 24.3 Å². The van der Waals surface area contributed by atoms with Gasteiger partial charge in [-0.25, -0.2) is 9.19 Å². The highest BCUT2D eigenvalue weighted by Gasteiger charge is 2.28. The number of aromatic nitrogens is 2. The first-order chi connectivity index (χ1) is 26.1. The molecule has 2 heterocycles. The summed E-state index contributed by atoms with van der Waals surface area (Å²) in [5.74, 6) is 0.465. The average Bonchev–Trinajstić information content (AvgIpc) is 3.73. The van der Waals surface area contributed by atoms with Gasteiger partial charge in [0.2, 0.25) is 11.2 Å². The SMILES string of the molecule is CC.CC.C\C=C/C(=C\C=C(/C)Cc1nc(-c2ccc(Cl)cc2Cl)cn1-c1ccc(N2CC(=O)NS2=O)c(Cl)c1)C(/C=C\CCCCCCCCC)=C/C. The molecular formula is C44H59Cl3N4O2S. The van der Waals surface area contributed by atoms with Gasteiger partial charge in [-0.05, 0) is 81.2 Å². The standard InChI is InChI=1S/C40H47Cl3N4O2S.2C2H6/c1-5-8-9-10-11-12-13-14-15-17-30(7-3)31(16-6-2)19-18-29(4)24-39-44-37(34-22-20-32(41)25-35(34)42)27-46(39)33-21-23-38(36(43)26-33)47-28-40(48)45-50(47)49;2*1-2/h6-7,15-23,25-27H,5,8-14,24,28H2,1-4H3,(H,45,48);2*1-2H3/b16-6-,17-15-,29-18+,30-7+,31-19+;;. The van der Waals surface area contributed by atoms with Crippen LogP contribution < -0.4 is 9.03 Å². The number of carbonyl (C=O) groups excluding carboxylic acids is 1. The number of unbranched alkanes of at least 4 members (excludes halogenated alkanes) is 7. The van der Waals surface area contributed by atoms with Gasteiger partial charge in [-0.3, -0.25) is 13.8 Å². The summed E-state index contributed by atoms with van der Waals surface area (Å²) in [5, 5.41) is 1.41. The van der Waals surface area contributed by atoms with Crippen LogP contribution in [0.5, 0.6) is 0 Å². The molecule has 1 fully saturated rings. The summed E-state index contributed by atoms with van der Waals surface area (Å²) < 4.78 is 18.2. The van der Waals surface area contributed by atoms with Crippen molar-refractivity contribution < 1.29 is 9.00 Å². The van der Waals surface area contributed by atoms with Gasteiger partial charge in [0.25, 0.3) is 5.91 Å². The van der Waals surface area contributed by atoms with E-state index in [-0.39, 0.29) is 12.5 Å². The van der Waals surface area contributed by atoms with Crippen molar-refractivity contribution in [3.05, 3.63) is 123 Å². The Morgan fingerprint density at radius 3 is 2.20 bits per heavy atom. The number of allylic oxidation sites excluding steroid dienone is 10. The zero-order chi connectivity index (χ0) is 40.0. The number of hydrogen-bond acceptors (Lipinski definition) is 3. The number of carbonyl (C=O) groups is 1. The Bertz CT molecular complexity index is 1820. The maximum absolute atomic E-state index is 12.4. The van der Waals surface area contributed by atoms with Gasteiger partial charge >= 0.3 is 0 Å². The third-order valence-corrected chi connectivity index (χ3v) is 10.4. The van der Waals surface area contributed by atoms with Crippen molar-refractivity contribution in [3.8, 4) is 16.9 Å². The van der Waals surface area contributed by atoms with Crippen molar-refractivity contribution in [3.63, 3.8) is 0 Å². The molecule has 0 aliphatic carbocycles. The van der Waals surface area contributed by atoms with E-state index in [2.05, 4.69) is 68.0 Å². The van der Waals surface area contributed by atoms with Crippen molar-refractivity contribution in [2.45, 2.75) is 113 Å². The van der Waals surface area contributed by atoms with Crippen LogP contribution in [0.4, 0.5) is 5.69 Å². The Morgan fingerprint density at radius 2 is 1.59 bits per heavy atom. The molecule has 4 rings (SSSR count). The molecular weight excluding hydrogens is 755 g/mol. The highest BCUT2D eigenvalue weighted by atomic mass is 35.5. The van der Waals surface area contributed by atoms with Gasteiger partial charge in [0, 0.05) is 28.9 Å². The number of nitrogens with one attached hydrogen (secondary N) is 1. The Balaban J connectivity index is 0.00000244. The summed E-state index contributed by atoms with van der Waals surface area (Å²) in [6, 6.07) is 10.8.